The van der Waals surface area contributed by atoms with Crippen LogP contribution in [0.3, 0.4) is 0 Å². The van der Waals surface area contributed by atoms with Crippen LogP contribution >= 0.6 is 46.4 Å². The van der Waals surface area contributed by atoms with Crippen molar-refractivity contribution < 1.29 is 14.3 Å². The maximum Gasteiger partial charge on any atom is 0.156 e. The van der Waals surface area contributed by atoms with Crippen LogP contribution < -0.4 is 9.47 Å². The molecule has 0 N–H and O–H groups in total. The maximum atomic E-state index is 6.23. The topological polar surface area (TPSA) is 40.0 Å². The van der Waals surface area contributed by atoms with Gasteiger partial charge in [-0.15, -0.1) is 0 Å². The van der Waals surface area contributed by atoms with Crippen LogP contribution in [-0.2, 0) is 4.84 Å². The second kappa shape index (κ2) is 16.0. The molecular weight excluding hydrogens is 444 g/mol. The van der Waals surface area contributed by atoms with Crippen molar-refractivity contribution >= 4 is 52.6 Å². The van der Waals surface area contributed by atoms with Gasteiger partial charge in [0.05, 0.1) is 16.7 Å². The number of rotatable bonds is 15. The van der Waals surface area contributed by atoms with Crippen LogP contribution in [0.5, 0.6) is 11.5 Å². The molecule has 0 aromatic heterocycles. The Kier molecular flexibility index (Phi) is 14.4. The molecule has 0 spiro atoms. The lowest BCUT2D eigenvalue weighted by Crippen LogP contribution is -2.00. The molecular formula is C20H27Cl4NO3. The van der Waals surface area contributed by atoms with Gasteiger partial charge in [-0.05, 0) is 38.2 Å². The highest BCUT2D eigenvalue weighted by Crippen LogP contribution is 2.37. The quantitative estimate of drug-likeness (QED) is 0.149. The van der Waals surface area contributed by atoms with E-state index < -0.39 is 0 Å². The molecule has 8 heteroatoms. The first kappa shape index (κ1) is 25.2. The van der Waals surface area contributed by atoms with Crippen LogP contribution in [0.4, 0.5) is 0 Å². The van der Waals surface area contributed by atoms with Gasteiger partial charge in [0.25, 0.3) is 0 Å². The Bertz CT molecular complexity index is 596. The van der Waals surface area contributed by atoms with Crippen molar-refractivity contribution in [1.82, 2.24) is 0 Å². The van der Waals surface area contributed by atoms with E-state index in [0.717, 1.165) is 32.1 Å². The molecule has 0 radical (unpaired) electrons. The zero-order valence-corrected chi connectivity index (χ0v) is 19.1. The van der Waals surface area contributed by atoms with E-state index in [1.807, 2.05) is 6.21 Å². The molecule has 28 heavy (non-hydrogen) atoms. The third-order valence-corrected chi connectivity index (χ3v) is 4.54. The normalized spacial score (nSPS) is 10.9. The molecule has 158 valence electrons. The van der Waals surface area contributed by atoms with E-state index in [1.54, 1.807) is 12.1 Å². The van der Waals surface area contributed by atoms with Crippen molar-refractivity contribution in [3.05, 3.63) is 32.7 Å². The van der Waals surface area contributed by atoms with E-state index in [9.17, 15) is 0 Å². The van der Waals surface area contributed by atoms with Crippen LogP contribution in [0.15, 0.2) is 27.9 Å². The Labute approximate surface area is 187 Å². The number of hydrogen-bond acceptors (Lipinski definition) is 4. The van der Waals surface area contributed by atoms with E-state index in [4.69, 9.17) is 60.7 Å². The predicted octanol–water partition coefficient (Wildman–Crippen LogP) is 7.82. The van der Waals surface area contributed by atoms with Crippen molar-refractivity contribution in [2.45, 2.75) is 51.9 Å². The molecule has 0 bridgehead atoms. The van der Waals surface area contributed by atoms with Gasteiger partial charge in [-0.1, -0.05) is 71.3 Å². The summed E-state index contributed by atoms with van der Waals surface area (Å²) >= 11 is 23.5. The summed E-state index contributed by atoms with van der Waals surface area (Å²) in [7, 11) is 0. The van der Waals surface area contributed by atoms with Crippen LogP contribution in [0.25, 0.3) is 0 Å². The van der Waals surface area contributed by atoms with Gasteiger partial charge >= 0.3 is 0 Å². The third kappa shape index (κ3) is 11.9. The Morgan fingerprint density at radius 1 is 0.964 bits per heavy atom. The lowest BCUT2D eigenvalue weighted by atomic mass is 10.2. The smallest absolute Gasteiger partial charge is 0.156 e. The van der Waals surface area contributed by atoms with Crippen molar-refractivity contribution in [3.63, 3.8) is 0 Å². The minimum atomic E-state index is 0.140. The standard InChI is InChI=1S/C20H27Cl4NO3/c1-2-3-4-6-10-25-28-12-8-5-7-11-27-20-17(21)14-16(15-18(20)22)26-13-9-19(23)24/h9-10,14-15H,2-8,11-13H2,1H3/b25-10+. The third-order valence-electron chi connectivity index (χ3n) is 3.67. The van der Waals surface area contributed by atoms with Crippen LogP contribution in [0, 0.1) is 0 Å². The summed E-state index contributed by atoms with van der Waals surface area (Å²) in [6, 6.07) is 3.29. The highest BCUT2D eigenvalue weighted by Gasteiger charge is 2.10. The number of unbranched alkanes of at least 4 members (excludes halogenated alkanes) is 5. The summed E-state index contributed by atoms with van der Waals surface area (Å²) in [5.74, 6) is 0.968. The molecule has 0 fully saturated rings. The fourth-order valence-corrected chi connectivity index (χ4v) is 2.92. The molecule has 0 aliphatic rings. The minimum absolute atomic E-state index is 0.140. The molecule has 0 unspecified atom stereocenters. The monoisotopic (exact) mass is 469 g/mol. The van der Waals surface area contributed by atoms with Crippen LogP contribution in [0.1, 0.15) is 51.9 Å². The summed E-state index contributed by atoms with van der Waals surface area (Å²) in [5, 5.41) is 4.74. The molecule has 1 rings (SSSR count). The molecule has 4 nitrogen and oxygen atoms in total. The molecule has 0 saturated carbocycles. The highest BCUT2D eigenvalue weighted by molar-refractivity contribution is 6.55. The lowest BCUT2D eigenvalue weighted by molar-refractivity contribution is 0.139. The summed E-state index contributed by atoms with van der Waals surface area (Å²) in [6.45, 7) is 3.53. The van der Waals surface area contributed by atoms with Gasteiger partial charge in [0.2, 0.25) is 0 Å². The summed E-state index contributed by atoms with van der Waals surface area (Å²) < 4.78 is 11.3. The molecule has 0 heterocycles. The summed E-state index contributed by atoms with van der Waals surface area (Å²) in [4.78, 5) is 5.23. The molecule has 1 aromatic rings. The van der Waals surface area contributed by atoms with Gasteiger partial charge in [0, 0.05) is 18.3 Å². The molecule has 0 aliphatic carbocycles. The zero-order valence-electron chi connectivity index (χ0n) is 16.1. The van der Waals surface area contributed by atoms with Gasteiger partial charge in [-0.3, -0.25) is 0 Å². The molecule has 0 saturated heterocycles. The molecule has 0 atom stereocenters. The zero-order chi connectivity index (χ0) is 20.6. The van der Waals surface area contributed by atoms with Crippen molar-refractivity contribution in [3.8, 4) is 11.5 Å². The molecule has 1 aromatic carbocycles. The first-order valence-electron chi connectivity index (χ1n) is 9.44. The average molecular weight is 471 g/mol. The van der Waals surface area contributed by atoms with E-state index in [0.29, 0.717) is 34.8 Å². The number of ether oxygens (including phenoxy) is 2. The highest BCUT2D eigenvalue weighted by atomic mass is 35.5. The Morgan fingerprint density at radius 2 is 1.68 bits per heavy atom. The van der Waals surface area contributed by atoms with Gasteiger partial charge in [-0.25, -0.2) is 0 Å². The number of nitrogens with zero attached hydrogens (tertiary/aromatic N) is 1. The average Bonchev–Trinajstić information content (AvgIpc) is 2.64. The molecule has 0 amide bonds. The van der Waals surface area contributed by atoms with E-state index >= 15 is 0 Å². The SMILES string of the molecule is CCCCC/C=N/OCCCCCOc1c(Cl)cc(OCC=C(Cl)Cl)cc1Cl. The predicted molar refractivity (Wildman–Crippen MR) is 120 cm³/mol. The van der Waals surface area contributed by atoms with Crippen LogP contribution in [0.2, 0.25) is 10.0 Å². The van der Waals surface area contributed by atoms with Crippen molar-refractivity contribution in [2.75, 3.05) is 19.8 Å². The minimum Gasteiger partial charge on any atom is -0.490 e. The largest absolute Gasteiger partial charge is 0.490 e. The first-order chi connectivity index (χ1) is 13.5. The van der Waals surface area contributed by atoms with Crippen LogP contribution in [-0.4, -0.2) is 26.0 Å². The lowest BCUT2D eigenvalue weighted by Gasteiger charge is -2.12. The summed E-state index contributed by atoms with van der Waals surface area (Å²) in [6.07, 6.45) is 10.7. The van der Waals surface area contributed by atoms with E-state index in [-0.39, 0.29) is 11.1 Å². The Hall–Kier alpha value is -0.810. The second-order valence-corrected chi connectivity index (χ2v) is 7.87. The van der Waals surface area contributed by atoms with Crippen molar-refractivity contribution in [1.29, 1.82) is 0 Å². The Morgan fingerprint density at radius 3 is 2.36 bits per heavy atom. The van der Waals surface area contributed by atoms with Gasteiger partial charge in [0.15, 0.2) is 5.75 Å². The van der Waals surface area contributed by atoms with Gasteiger partial charge in [-0.2, -0.15) is 0 Å². The summed E-state index contributed by atoms with van der Waals surface area (Å²) in [5.41, 5.74) is 0. The second-order valence-electron chi connectivity index (χ2n) is 6.05. The first-order valence-corrected chi connectivity index (χ1v) is 10.9. The number of oxime groups is 1. The fourth-order valence-electron chi connectivity index (χ4n) is 2.22. The van der Waals surface area contributed by atoms with E-state index in [2.05, 4.69) is 12.1 Å². The number of benzene rings is 1. The van der Waals surface area contributed by atoms with Gasteiger partial charge < -0.3 is 14.3 Å². The fraction of sp³-hybridized carbons (Fsp3) is 0.550. The Balaban J connectivity index is 2.20. The van der Waals surface area contributed by atoms with E-state index in [1.165, 1.54) is 18.9 Å². The number of halogens is 4. The maximum absolute atomic E-state index is 6.23. The van der Waals surface area contributed by atoms with Crippen molar-refractivity contribution in [2.24, 2.45) is 5.16 Å². The van der Waals surface area contributed by atoms with Gasteiger partial charge in [0.1, 0.15) is 23.5 Å². The number of hydrogen-bond donors (Lipinski definition) is 0. The molecule has 0 aliphatic heterocycles.